The number of hydrogen-bond donors (Lipinski definition) is 10. The molecule has 0 aromatic rings. The molecule has 0 bridgehead atoms. The van der Waals surface area contributed by atoms with Crippen molar-refractivity contribution in [2.45, 2.75) is 107 Å². The van der Waals surface area contributed by atoms with E-state index in [-0.39, 0.29) is 6.61 Å². The van der Waals surface area contributed by atoms with Crippen LogP contribution >= 0.6 is 15.6 Å². The molecule has 0 aliphatic carbocycles. The van der Waals surface area contributed by atoms with Crippen LogP contribution in [-0.2, 0) is 46.2 Å². The highest BCUT2D eigenvalue weighted by Crippen LogP contribution is 2.46. The van der Waals surface area contributed by atoms with E-state index in [1.807, 2.05) is 0 Å². The third-order valence-corrected chi connectivity index (χ3v) is 10.2. The van der Waals surface area contributed by atoms with Crippen LogP contribution in [0.3, 0.4) is 0 Å². The molecule has 0 saturated carbocycles. The Balaban J connectivity index is 1.85. The van der Waals surface area contributed by atoms with Crippen LogP contribution in [0.15, 0.2) is 0 Å². The Bertz CT molecular complexity index is 1080. The molecule has 11 N–H and O–H groups in total. The molecule has 51 heavy (non-hydrogen) atoms. The van der Waals surface area contributed by atoms with Gasteiger partial charge in [0, 0.05) is 11.8 Å². The Hall–Kier alpha value is -0.340. The lowest BCUT2D eigenvalue weighted by Gasteiger charge is -2.31. The van der Waals surface area contributed by atoms with Crippen molar-refractivity contribution >= 4 is 15.6 Å². The number of nitrogens with two attached hydrogens (primary N) is 1. The molecule has 2 rings (SSSR count). The van der Waals surface area contributed by atoms with Crippen LogP contribution in [0.1, 0.15) is 33.1 Å². The van der Waals surface area contributed by atoms with Gasteiger partial charge in [-0.2, -0.15) is 0 Å². The Kier molecular flexibility index (Phi) is 20.4. The van der Waals surface area contributed by atoms with Crippen LogP contribution in [0.4, 0.5) is 0 Å². The Morgan fingerprint density at radius 3 is 1.53 bits per heavy atom. The summed E-state index contributed by atoms with van der Waals surface area (Å²) < 4.78 is 66.2. The van der Waals surface area contributed by atoms with Gasteiger partial charge in [0.25, 0.3) is 15.6 Å². The highest BCUT2D eigenvalue weighted by molar-refractivity contribution is 7.46. The average molecular weight is 790 g/mol. The van der Waals surface area contributed by atoms with Crippen LogP contribution in [0.25, 0.3) is 0 Å². The zero-order chi connectivity index (χ0) is 38.5. The van der Waals surface area contributed by atoms with Gasteiger partial charge in [0.15, 0.2) is 12.6 Å². The monoisotopic (exact) mass is 789 g/mol. The van der Waals surface area contributed by atoms with Crippen LogP contribution in [0, 0.1) is 11.8 Å². The van der Waals surface area contributed by atoms with E-state index in [2.05, 4.69) is 4.52 Å². The fraction of sp³-hybridized carbons (Fsp3) is 1.00. The van der Waals surface area contributed by atoms with Gasteiger partial charge in [-0.05, 0) is 25.8 Å². The Morgan fingerprint density at radius 2 is 1.10 bits per heavy atom. The molecule has 22 nitrogen and oxygen atoms in total. The summed E-state index contributed by atoms with van der Waals surface area (Å²) in [5.74, 6) is -1.76. The summed E-state index contributed by atoms with van der Waals surface area (Å²) in [6, 6.07) is 0. The number of ether oxygens (including phenoxy) is 4. The fourth-order valence-corrected chi connectivity index (χ4v) is 7.23. The van der Waals surface area contributed by atoms with Gasteiger partial charge in [0.05, 0.1) is 46.2 Å². The van der Waals surface area contributed by atoms with Gasteiger partial charge < -0.3 is 98.5 Å². The lowest BCUT2D eigenvalue weighted by molar-refractivity contribution is -0.236. The zero-order valence-corrected chi connectivity index (χ0v) is 30.0. The number of hydrogen-bond acceptors (Lipinski definition) is 22. The molecule has 304 valence electrons. The third kappa shape index (κ3) is 14.7. The maximum Gasteiger partial charge on any atom is 0.268 e. The summed E-state index contributed by atoms with van der Waals surface area (Å²) in [5, 5.41) is 88.4. The molecule has 2 heterocycles. The van der Waals surface area contributed by atoms with Crippen molar-refractivity contribution in [1.29, 1.82) is 0 Å². The first-order valence-corrected chi connectivity index (χ1v) is 19.3. The second-order valence-corrected chi connectivity index (χ2v) is 15.0. The van der Waals surface area contributed by atoms with E-state index >= 15 is 0 Å². The van der Waals surface area contributed by atoms with E-state index in [9.17, 15) is 59.8 Å². The van der Waals surface area contributed by atoms with Gasteiger partial charge in [0.1, 0.15) is 61.0 Å². The summed E-state index contributed by atoms with van der Waals surface area (Å²) in [6.45, 7) is -1.47. The first-order chi connectivity index (χ1) is 23.9. The van der Waals surface area contributed by atoms with E-state index in [1.54, 1.807) is 0 Å². The lowest BCUT2D eigenvalue weighted by Crippen LogP contribution is -2.43. The fourth-order valence-electron chi connectivity index (χ4n) is 5.17. The minimum absolute atomic E-state index is 0.137. The van der Waals surface area contributed by atoms with Crippen molar-refractivity contribution in [3.8, 4) is 0 Å². The molecule has 10 unspecified atom stereocenters. The van der Waals surface area contributed by atoms with Gasteiger partial charge in [-0.3, -0.25) is 9.13 Å². The standard InChI is InChI=1S/C27H55NO21P2/c1-14-24(48-50(38,39)44-7-5-3-4-6-28)20(9-30)46-26(14)43-12-18(34)23(37)19(35)13-45-51(40,41)49-25-15(2)27(47-21(25)10-31)42-11-17(33)22(36)16(32)8-29/h14-27,29-37H,3-13,28H2,1-2H3,(H,38,39)(H,40,41)/p-2/t14?,15?,16?,17?,18?,19?,20-,21-,22?,23?,24-,25-,26-,27-/m1/s1. The maximum atomic E-state index is 12.6. The number of phosphoric acid groups is 2. The van der Waals surface area contributed by atoms with Crippen molar-refractivity contribution in [3.63, 3.8) is 0 Å². The average Bonchev–Trinajstić information content (AvgIpc) is 3.56. The highest BCUT2D eigenvalue weighted by Gasteiger charge is 2.47. The minimum Gasteiger partial charge on any atom is -0.756 e. The molecule has 0 amide bonds. The summed E-state index contributed by atoms with van der Waals surface area (Å²) in [6.07, 6.45) is -16.8. The molecule has 0 aromatic carbocycles. The van der Waals surface area contributed by atoms with Crippen molar-refractivity contribution in [2.75, 3.05) is 52.8 Å². The number of phosphoric ester groups is 2. The van der Waals surface area contributed by atoms with Gasteiger partial charge in [-0.15, -0.1) is 0 Å². The van der Waals surface area contributed by atoms with Crippen LogP contribution in [0.2, 0.25) is 0 Å². The molecule has 24 heteroatoms. The second kappa shape index (κ2) is 22.3. The molecule has 2 fully saturated rings. The quantitative estimate of drug-likeness (QED) is 0.0289. The van der Waals surface area contributed by atoms with E-state index in [4.69, 9.17) is 43.4 Å². The second-order valence-electron chi connectivity index (χ2n) is 12.3. The van der Waals surface area contributed by atoms with Gasteiger partial charge >= 0.3 is 0 Å². The molecular formula is C27H53NO21P2-2. The smallest absolute Gasteiger partial charge is 0.268 e. The van der Waals surface area contributed by atoms with Gasteiger partial charge in [-0.1, -0.05) is 13.8 Å². The van der Waals surface area contributed by atoms with Gasteiger partial charge in [0.2, 0.25) is 0 Å². The summed E-state index contributed by atoms with van der Waals surface area (Å²) >= 11 is 0. The zero-order valence-electron chi connectivity index (χ0n) is 28.3. The summed E-state index contributed by atoms with van der Waals surface area (Å²) in [7, 11) is -10.1. The van der Waals surface area contributed by atoms with E-state index in [0.717, 1.165) is 0 Å². The van der Waals surface area contributed by atoms with E-state index in [1.165, 1.54) is 13.8 Å². The molecular weight excluding hydrogens is 736 g/mol. The summed E-state index contributed by atoms with van der Waals surface area (Å²) in [4.78, 5) is 24.9. The molecule has 2 aliphatic heterocycles. The number of unbranched alkanes of at least 4 members (excludes halogenated alkanes) is 2. The maximum absolute atomic E-state index is 12.6. The van der Waals surface area contributed by atoms with Crippen LogP contribution in [0.5, 0.6) is 0 Å². The number of rotatable bonds is 26. The van der Waals surface area contributed by atoms with Crippen molar-refractivity contribution in [1.82, 2.24) is 0 Å². The Labute approximate surface area is 294 Å². The van der Waals surface area contributed by atoms with E-state index < -0.39 is 141 Å². The molecule has 0 radical (unpaired) electrons. The third-order valence-electron chi connectivity index (χ3n) is 8.23. The minimum atomic E-state index is -5.29. The first kappa shape index (κ1) is 46.8. The molecule has 16 atom stereocenters. The normalized spacial score (nSPS) is 32.9. The van der Waals surface area contributed by atoms with Gasteiger partial charge in [-0.25, -0.2) is 0 Å². The van der Waals surface area contributed by atoms with E-state index in [0.29, 0.717) is 25.8 Å². The van der Waals surface area contributed by atoms with Crippen LogP contribution in [-0.4, -0.2) is 172 Å². The largest absolute Gasteiger partial charge is 0.756 e. The topological polar surface area (TPSA) is 362 Å². The molecule has 2 aliphatic rings. The number of aliphatic hydroxyl groups excluding tert-OH is 9. The SMILES string of the molecule is CC1[C@H](OCC(O)C(O)C(O)COP(=O)([O-])O[C@@H]2C(C)[C@H](OCC(O)C(O)C(O)CO)O[C@@H]2CO)O[C@H](CO)[C@@H]1OP(=O)([O-])OCCCCCN. The van der Waals surface area contributed by atoms with Crippen molar-refractivity contribution in [2.24, 2.45) is 17.6 Å². The molecule has 0 aromatic heterocycles. The highest BCUT2D eigenvalue weighted by atomic mass is 31.2. The first-order valence-electron chi connectivity index (χ1n) is 16.3. The predicted molar refractivity (Wildman–Crippen MR) is 165 cm³/mol. The van der Waals surface area contributed by atoms with Crippen LogP contribution < -0.4 is 15.5 Å². The summed E-state index contributed by atoms with van der Waals surface area (Å²) in [5.41, 5.74) is 5.40. The van der Waals surface area contributed by atoms with Crippen molar-refractivity contribution < 1.29 is 102 Å². The molecule has 2 saturated heterocycles. The van der Waals surface area contributed by atoms with Crippen molar-refractivity contribution in [3.05, 3.63) is 0 Å². The Morgan fingerprint density at radius 1 is 0.667 bits per heavy atom. The predicted octanol–water partition coefficient (Wildman–Crippen LogP) is -5.25. The molecule has 0 spiro atoms. The number of aliphatic hydroxyl groups is 9. The lowest BCUT2D eigenvalue weighted by atomic mass is 10.0.